The van der Waals surface area contributed by atoms with Crippen molar-refractivity contribution in [3.8, 4) is 11.4 Å². The summed E-state index contributed by atoms with van der Waals surface area (Å²) in [6.07, 6.45) is -0.591. The molecule has 0 aliphatic heterocycles. The first kappa shape index (κ1) is 13.6. The van der Waals surface area contributed by atoms with E-state index in [-0.39, 0.29) is 0 Å². The van der Waals surface area contributed by atoms with E-state index in [9.17, 15) is 5.11 Å². The molecule has 19 heavy (non-hydrogen) atoms. The molecule has 0 aliphatic rings. The van der Waals surface area contributed by atoms with Crippen molar-refractivity contribution in [2.24, 2.45) is 0 Å². The van der Waals surface area contributed by atoms with Gasteiger partial charge < -0.3 is 10.0 Å². The maximum Gasteiger partial charge on any atom is 0.159 e. The largest absolute Gasteiger partial charge is 0.387 e. The molecule has 0 amide bonds. The van der Waals surface area contributed by atoms with Gasteiger partial charge >= 0.3 is 0 Å². The number of aliphatic hydroxyl groups is 1. The predicted octanol–water partition coefficient (Wildman–Crippen LogP) is 2.26. The molecule has 2 aromatic rings. The van der Waals surface area contributed by atoms with Crippen molar-refractivity contribution >= 4 is 0 Å². The van der Waals surface area contributed by atoms with Crippen molar-refractivity contribution < 1.29 is 5.11 Å². The normalized spacial score (nSPS) is 12.7. The highest BCUT2D eigenvalue weighted by molar-refractivity contribution is 5.54. The van der Waals surface area contributed by atoms with E-state index in [0.717, 1.165) is 17.8 Å². The molecule has 0 spiro atoms. The van der Waals surface area contributed by atoms with Crippen LogP contribution in [0.25, 0.3) is 11.4 Å². The van der Waals surface area contributed by atoms with Crippen LogP contribution in [0.2, 0.25) is 0 Å². The monoisotopic (exact) mass is 257 g/mol. The minimum Gasteiger partial charge on any atom is -0.387 e. The highest BCUT2D eigenvalue weighted by atomic mass is 16.3. The van der Waals surface area contributed by atoms with Gasteiger partial charge in [0.15, 0.2) is 5.82 Å². The standard InChI is InChI=1S/C15H19N3O/c1-11(19)14-9-13(10-18(2)3)16-15(17-14)12-7-5-4-6-8-12/h4-9,11,19H,10H2,1-3H3. The third-order valence-corrected chi connectivity index (χ3v) is 2.74. The minimum absolute atomic E-state index is 0.591. The Labute approximate surface area is 113 Å². The fraction of sp³-hybridized carbons (Fsp3) is 0.333. The van der Waals surface area contributed by atoms with Crippen molar-refractivity contribution in [3.63, 3.8) is 0 Å². The van der Waals surface area contributed by atoms with Crippen LogP contribution in [-0.2, 0) is 6.54 Å². The second-order valence-electron chi connectivity index (χ2n) is 4.89. The number of hydrogen-bond donors (Lipinski definition) is 1. The summed E-state index contributed by atoms with van der Waals surface area (Å²) in [6, 6.07) is 11.7. The molecule has 4 nitrogen and oxygen atoms in total. The Morgan fingerprint density at radius 3 is 2.42 bits per heavy atom. The van der Waals surface area contributed by atoms with Crippen molar-refractivity contribution in [2.45, 2.75) is 19.6 Å². The first-order valence-electron chi connectivity index (χ1n) is 6.32. The van der Waals surface area contributed by atoms with Gasteiger partial charge in [0.25, 0.3) is 0 Å². The van der Waals surface area contributed by atoms with E-state index in [1.165, 1.54) is 0 Å². The zero-order chi connectivity index (χ0) is 13.8. The molecule has 1 atom stereocenters. The average molecular weight is 257 g/mol. The van der Waals surface area contributed by atoms with E-state index in [1.807, 2.05) is 55.4 Å². The van der Waals surface area contributed by atoms with Crippen LogP contribution in [0.5, 0.6) is 0 Å². The fourth-order valence-corrected chi connectivity index (χ4v) is 1.85. The van der Waals surface area contributed by atoms with Crippen LogP contribution >= 0.6 is 0 Å². The summed E-state index contributed by atoms with van der Waals surface area (Å²) in [5, 5.41) is 9.75. The number of benzene rings is 1. The third-order valence-electron chi connectivity index (χ3n) is 2.74. The molecule has 2 rings (SSSR count). The Hall–Kier alpha value is -1.78. The van der Waals surface area contributed by atoms with Crippen molar-refractivity contribution in [1.82, 2.24) is 14.9 Å². The average Bonchev–Trinajstić information content (AvgIpc) is 2.38. The second-order valence-corrected chi connectivity index (χ2v) is 4.89. The summed E-state index contributed by atoms with van der Waals surface area (Å²) >= 11 is 0. The number of nitrogens with zero attached hydrogens (tertiary/aromatic N) is 3. The van der Waals surface area contributed by atoms with Crippen LogP contribution in [0.4, 0.5) is 0 Å². The lowest BCUT2D eigenvalue weighted by Gasteiger charge is -2.13. The summed E-state index contributed by atoms with van der Waals surface area (Å²) in [4.78, 5) is 11.0. The summed E-state index contributed by atoms with van der Waals surface area (Å²) in [7, 11) is 3.98. The van der Waals surface area contributed by atoms with Gasteiger partial charge in [0, 0.05) is 12.1 Å². The van der Waals surface area contributed by atoms with Gasteiger partial charge in [-0.1, -0.05) is 30.3 Å². The van der Waals surface area contributed by atoms with E-state index < -0.39 is 6.10 Å². The van der Waals surface area contributed by atoms with Crippen LogP contribution in [0.1, 0.15) is 24.4 Å². The summed E-state index contributed by atoms with van der Waals surface area (Å²) in [6.45, 7) is 2.44. The van der Waals surface area contributed by atoms with Crippen molar-refractivity contribution in [1.29, 1.82) is 0 Å². The van der Waals surface area contributed by atoms with Crippen LogP contribution in [0.15, 0.2) is 36.4 Å². The summed E-state index contributed by atoms with van der Waals surface area (Å²) in [5.41, 5.74) is 2.53. The lowest BCUT2D eigenvalue weighted by molar-refractivity contribution is 0.194. The highest BCUT2D eigenvalue weighted by Gasteiger charge is 2.10. The van der Waals surface area contributed by atoms with Crippen LogP contribution < -0.4 is 0 Å². The lowest BCUT2D eigenvalue weighted by Crippen LogP contribution is -2.13. The number of aromatic nitrogens is 2. The molecule has 1 N–H and O–H groups in total. The van der Waals surface area contributed by atoms with Crippen molar-refractivity contribution in [3.05, 3.63) is 47.8 Å². The predicted molar refractivity (Wildman–Crippen MR) is 75.5 cm³/mol. The SMILES string of the molecule is CC(O)c1cc(CN(C)C)nc(-c2ccccc2)n1. The molecule has 0 fully saturated rings. The summed E-state index contributed by atoms with van der Waals surface area (Å²) in [5.74, 6) is 0.663. The van der Waals surface area contributed by atoms with Gasteiger partial charge in [-0.3, -0.25) is 0 Å². The molecule has 0 aliphatic carbocycles. The quantitative estimate of drug-likeness (QED) is 0.912. The first-order chi connectivity index (χ1) is 9.06. The maximum atomic E-state index is 9.75. The van der Waals surface area contributed by atoms with Crippen molar-refractivity contribution in [2.75, 3.05) is 14.1 Å². The zero-order valence-corrected chi connectivity index (χ0v) is 11.5. The second kappa shape index (κ2) is 5.91. The van der Waals surface area contributed by atoms with E-state index in [0.29, 0.717) is 11.5 Å². The molecule has 100 valence electrons. The number of rotatable bonds is 4. The summed E-state index contributed by atoms with van der Waals surface area (Å²) < 4.78 is 0. The first-order valence-corrected chi connectivity index (χ1v) is 6.32. The molecule has 0 radical (unpaired) electrons. The van der Waals surface area contributed by atoms with E-state index in [4.69, 9.17) is 0 Å². The number of aliphatic hydroxyl groups excluding tert-OH is 1. The molecule has 0 saturated carbocycles. The zero-order valence-electron chi connectivity index (χ0n) is 11.5. The Kier molecular flexibility index (Phi) is 4.24. The molecule has 1 aromatic carbocycles. The topological polar surface area (TPSA) is 49.2 Å². The molecule has 4 heteroatoms. The van der Waals surface area contributed by atoms with Gasteiger partial charge in [0.2, 0.25) is 0 Å². The van der Waals surface area contributed by atoms with Gasteiger partial charge in [0.05, 0.1) is 17.5 Å². The van der Waals surface area contributed by atoms with Gasteiger partial charge in [-0.05, 0) is 27.1 Å². The van der Waals surface area contributed by atoms with Gasteiger partial charge in [-0.15, -0.1) is 0 Å². The Morgan fingerprint density at radius 1 is 1.16 bits per heavy atom. The van der Waals surface area contributed by atoms with Gasteiger partial charge in [0.1, 0.15) is 0 Å². The smallest absolute Gasteiger partial charge is 0.159 e. The van der Waals surface area contributed by atoms with Gasteiger partial charge in [-0.2, -0.15) is 0 Å². The lowest BCUT2D eigenvalue weighted by atomic mass is 10.1. The molecule has 0 saturated heterocycles. The Balaban J connectivity index is 2.45. The highest BCUT2D eigenvalue weighted by Crippen LogP contribution is 2.19. The molecule has 1 heterocycles. The minimum atomic E-state index is -0.591. The molecular weight excluding hydrogens is 238 g/mol. The Morgan fingerprint density at radius 2 is 1.84 bits per heavy atom. The van der Waals surface area contributed by atoms with E-state index in [1.54, 1.807) is 6.92 Å². The molecule has 0 bridgehead atoms. The molecule has 1 aromatic heterocycles. The molecular formula is C15H19N3O. The van der Waals surface area contributed by atoms with Crippen LogP contribution in [0, 0.1) is 0 Å². The maximum absolute atomic E-state index is 9.75. The number of hydrogen-bond acceptors (Lipinski definition) is 4. The van der Waals surface area contributed by atoms with Gasteiger partial charge in [-0.25, -0.2) is 9.97 Å². The third kappa shape index (κ3) is 3.59. The van der Waals surface area contributed by atoms with E-state index >= 15 is 0 Å². The van der Waals surface area contributed by atoms with Crippen LogP contribution in [0.3, 0.4) is 0 Å². The van der Waals surface area contributed by atoms with E-state index in [2.05, 4.69) is 9.97 Å². The fourth-order valence-electron chi connectivity index (χ4n) is 1.85. The molecule has 1 unspecified atom stereocenters. The Bertz CT molecular complexity index is 538. The van der Waals surface area contributed by atoms with Crippen LogP contribution in [-0.4, -0.2) is 34.1 Å².